The van der Waals surface area contributed by atoms with Crippen molar-refractivity contribution in [2.24, 2.45) is 0 Å². The molecule has 2 aromatic rings. The minimum atomic E-state index is 0.940. The van der Waals surface area contributed by atoms with Gasteiger partial charge in [0.05, 0.1) is 0 Å². The standard InChI is InChI=1S/C12H12BrNS/c1-14-7-10-6-9(8-15-10)11-4-2-3-5-12(11)13/h2-6,8,14H,7H2,1H3. The molecule has 0 fully saturated rings. The number of benzene rings is 1. The van der Waals surface area contributed by atoms with Crippen molar-refractivity contribution in [1.29, 1.82) is 0 Å². The molecule has 1 aromatic heterocycles. The number of nitrogens with one attached hydrogen (secondary N) is 1. The molecule has 1 aromatic carbocycles. The quantitative estimate of drug-likeness (QED) is 0.900. The summed E-state index contributed by atoms with van der Waals surface area (Å²) < 4.78 is 1.15. The third-order valence-corrected chi connectivity index (χ3v) is 3.82. The van der Waals surface area contributed by atoms with Crippen molar-refractivity contribution < 1.29 is 0 Å². The van der Waals surface area contributed by atoms with Gasteiger partial charge in [-0.1, -0.05) is 34.1 Å². The average molecular weight is 282 g/mol. The largest absolute Gasteiger partial charge is 0.315 e. The van der Waals surface area contributed by atoms with E-state index in [9.17, 15) is 0 Å². The third kappa shape index (κ3) is 2.48. The molecule has 0 amide bonds. The summed E-state index contributed by atoms with van der Waals surface area (Å²) in [7, 11) is 1.97. The van der Waals surface area contributed by atoms with Crippen LogP contribution in [0.2, 0.25) is 0 Å². The van der Waals surface area contributed by atoms with E-state index in [2.05, 4.69) is 50.9 Å². The fourth-order valence-electron chi connectivity index (χ4n) is 1.48. The van der Waals surface area contributed by atoms with Crippen molar-refractivity contribution in [3.63, 3.8) is 0 Å². The zero-order valence-corrected chi connectivity index (χ0v) is 10.9. The fraction of sp³-hybridized carbons (Fsp3) is 0.167. The Morgan fingerprint density at radius 1 is 1.33 bits per heavy atom. The molecule has 0 unspecified atom stereocenters. The van der Waals surface area contributed by atoms with Gasteiger partial charge in [0.2, 0.25) is 0 Å². The smallest absolute Gasteiger partial charge is 0.0296 e. The first-order valence-electron chi connectivity index (χ1n) is 4.78. The van der Waals surface area contributed by atoms with Gasteiger partial charge in [-0.05, 0) is 35.7 Å². The lowest BCUT2D eigenvalue weighted by Crippen LogP contribution is -2.02. The number of thiophene rings is 1. The van der Waals surface area contributed by atoms with Crippen LogP contribution in [0, 0.1) is 0 Å². The molecule has 0 bridgehead atoms. The summed E-state index contributed by atoms with van der Waals surface area (Å²) in [4.78, 5) is 1.36. The zero-order valence-electron chi connectivity index (χ0n) is 8.46. The molecule has 1 N–H and O–H groups in total. The minimum Gasteiger partial charge on any atom is -0.315 e. The summed E-state index contributed by atoms with van der Waals surface area (Å²) in [5, 5.41) is 5.36. The highest BCUT2D eigenvalue weighted by molar-refractivity contribution is 9.10. The molecule has 0 radical (unpaired) electrons. The Hall–Kier alpha value is -0.640. The van der Waals surface area contributed by atoms with Gasteiger partial charge in [0.1, 0.15) is 0 Å². The molecule has 1 heterocycles. The van der Waals surface area contributed by atoms with Crippen LogP contribution in [0.5, 0.6) is 0 Å². The van der Waals surface area contributed by atoms with Gasteiger partial charge in [-0.15, -0.1) is 11.3 Å². The topological polar surface area (TPSA) is 12.0 Å². The summed E-state index contributed by atoms with van der Waals surface area (Å²) in [5.41, 5.74) is 2.55. The summed E-state index contributed by atoms with van der Waals surface area (Å²) in [6, 6.07) is 10.5. The zero-order chi connectivity index (χ0) is 10.7. The van der Waals surface area contributed by atoms with Gasteiger partial charge in [-0.2, -0.15) is 0 Å². The molecular weight excluding hydrogens is 270 g/mol. The molecule has 0 aliphatic heterocycles. The van der Waals surface area contributed by atoms with E-state index in [-0.39, 0.29) is 0 Å². The third-order valence-electron chi connectivity index (χ3n) is 2.19. The molecule has 1 nitrogen and oxygen atoms in total. The Kier molecular flexibility index (Phi) is 3.57. The summed E-state index contributed by atoms with van der Waals surface area (Å²) >= 11 is 5.36. The number of rotatable bonds is 3. The van der Waals surface area contributed by atoms with E-state index in [4.69, 9.17) is 0 Å². The second-order valence-corrected chi connectivity index (χ2v) is 5.16. The Morgan fingerprint density at radius 2 is 2.13 bits per heavy atom. The Bertz CT molecular complexity index is 450. The van der Waals surface area contributed by atoms with Crippen LogP contribution in [-0.4, -0.2) is 7.05 Å². The monoisotopic (exact) mass is 281 g/mol. The van der Waals surface area contributed by atoms with E-state index in [0.717, 1.165) is 11.0 Å². The summed E-state index contributed by atoms with van der Waals surface area (Å²) in [6.07, 6.45) is 0. The first kappa shape index (κ1) is 10.9. The van der Waals surface area contributed by atoms with E-state index < -0.39 is 0 Å². The van der Waals surface area contributed by atoms with Crippen molar-refractivity contribution in [2.75, 3.05) is 7.05 Å². The molecule has 0 atom stereocenters. The first-order valence-corrected chi connectivity index (χ1v) is 6.45. The van der Waals surface area contributed by atoms with Crippen LogP contribution in [-0.2, 0) is 6.54 Å². The predicted molar refractivity (Wildman–Crippen MR) is 70.2 cm³/mol. The molecule has 0 spiro atoms. The van der Waals surface area contributed by atoms with Gasteiger partial charge >= 0.3 is 0 Å². The molecule has 15 heavy (non-hydrogen) atoms. The Labute approximate surface area is 102 Å². The van der Waals surface area contributed by atoms with Gasteiger partial charge in [-0.3, -0.25) is 0 Å². The number of hydrogen-bond donors (Lipinski definition) is 1. The lowest BCUT2D eigenvalue weighted by molar-refractivity contribution is 0.831. The maximum absolute atomic E-state index is 3.57. The van der Waals surface area contributed by atoms with Gasteiger partial charge in [0, 0.05) is 15.9 Å². The van der Waals surface area contributed by atoms with Gasteiger partial charge < -0.3 is 5.32 Å². The van der Waals surface area contributed by atoms with Gasteiger partial charge in [0.25, 0.3) is 0 Å². The van der Waals surface area contributed by atoms with E-state index in [1.54, 1.807) is 11.3 Å². The van der Waals surface area contributed by atoms with Crippen LogP contribution in [0.3, 0.4) is 0 Å². The van der Waals surface area contributed by atoms with Crippen LogP contribution in [0.4, 0.5) is 0 Å². The average Bonchev–Trinajstić information content (AvgIpc) is 2.68. The fourth-order valence-corrected chi connectivity index (χ4v) is 2.89. The van der Waals surface area contributed by atoms with Gasteiger partial charge in [0.15, 0.2) is 0 Å². The normalized spacial score (nSPS) is 10.5. The second-order valence-electron chi connectivity index (χ2n) is 3.31. The maximum Gasteiger partial charge on any atom is 0.0296 e. The van der Waals surface area contributed by atoms with Crippen LogP contribution in [0.25, 0.3) is 11.1 Å². The Morgan fingerprint density at radius 3 is 2.87 bits per heavy atom. The molecule has 0 aliphatic carbocycles. The van der Waals surface area contributed by atoms with Crippen LogP contribution < -0.4 is 5.32 Å². The summed E-state index contributed by atoms with van der Waals surface area (Å²) in [5.74, 6) is 0. The predicted octanol–water partition coefficient (Wildman–Crippen LogP) is 3.90. The van der Waals surface area contributed by atoms with E-state index in [0.29, 0.717) is 0 Å². The van der Waals surface area contributed by atoms with Crippen molar-refractivity contribution in [1.82, 2.24) is 5.32 Å². The number of hydrogen-bond acceptors (Lipinski definition) is 2. The highest BCUT2D eigenvalue weighted by atomic mass is 79.9. The van der Waals surface area contributed by atoms with Crippen molar-refractivity contribution in [3.05, 3.63) is 45.1 Å². The van der Waals surface area contributed by atoms with Gasteiger partial charge in [-0.25, -0.2) is 0 Å². The summed E-state index contributed by atoms with van der Waals surface area (Å²) in [6.45, 7) is 0.940. The lowest BCUT2D eigenvalue weighted by Gasteiger charge is -2.00. The molecule has 0 aliphatic rings. The maximum atomic E-state index is 3.57. The number of halogens is 1. The van der Waals surface area contributed by atoms with Crippen LogP contribution >= 0.6 is 27.3 Å². The van der Waals surface area contributed by atoms with E-state index in [1.807, 2.05) is 13.1 Å². The first-order chi connectivity index (χ1) is 7.31. The minimum absolute atomic E-state index is 0.940. The molecule has 2 rings (SSSR count). The van der Waals surface area contributed by atoms with Crippen LogP contribution in [0.15, 0.2) is 40.2 Å². The second kappa shape index (κ2) is 4.92. The lowest BCUT2D eigenvalue weighted by atomic mass is 10.1. The highest BCUT2D eigenvalue weighted by Crippen LogP contribution is 2.31. The van der Waals surface area contributed by atoms with Crippen LogP contribution in [0.1, 0.15) is 4.88 Å². The molecule has 78 valence electrons. The van der Waals surface area contributed by atoms with Crippen molar-refractivity contribution in [3.8, 4) is 11.1 Å². The SMILES string of the molecule is CNCc1cc(-c2ccccc2Br)cs1. The van der Waals surface area contributed by atoms with E-state index in [1.165, 1.54) is 16.0 Å². The highest BCUT2D eigenvalue weighted by Gasteiger charge is 2.04. The molecule has 0 saturated carbocycles. The molecule has 0 saturated heterocycles. The molecule has 3 heteroatoms. The van der Waals surface area contributed by atoms with E-state index >= 15 is 0 Å². The van der Waals surface area contributed by atoms with Crippen molar-refractivity contribution >= 4 is 27.3 Å². The van der Waals surface area contributed by atoms with Crippen molar-refractivity contribution in [2.45, 2.75) is 6.54 Å². The molecular formula is C12H12BrNS. The Balaban J connectivity index is 2.33.